The summed E-state index contributed by atoms with van der Waals surface area (Å²) in [6.07, 6.45) is 2.34. The van der Waals surface area contributed by atoms with Crippen LogP contribution in [0.2, 0.25) is 0 Å². The molecule has 2 atom stereocenters. The van der Waals surface area contributed by atoms with Crippen LogP contribution < -0.4 is 10.2 Å². The van der Waals surface area contributed by atoms with Crippen molar-refractivity contribution in [2.45, 2.75) is 25.6 Å². The van der Waals surface area contributed by atoms with Crippen molar-refractivity contribution in [3.05, 3.63) is 18.0 Å². The Labute approximate surface area is 122 Å². The number of aliphatic hydroxyl groups excluding tert-OH is 1. The summed E-state index contributed by atoms with van der Waals surface area (Å²) in [6.45, 7) is 4.58. The Kier molecular flexibility index (Phi) is 5.43. The van der Waals surface area contributed by atoms with Gasteiger partial charge in [-0.1, -0.05) is 0 Å². The fourth-order valence-electron chi connectivity index (χ4n) is 2.06. The average Bonchev–Trinajstić information content (AvgIpc) is 2.48. The predicted molar refractivity (Wildman–Crippen MR) is 75.0 cm³/mol. The molecule has 1 saturated heterocycles. The molecule has 0 amide bonds. The quantitative estimate of drug-likeness (QED) is 0.628. The molecular formula is C13H20N4O4. The van der Waals surface area contributed by atoms with Crippen molar-refractivity contribution in [2.75, 3.05) is 31.2 Å². The summed E-state index contributed by atoms with van der Waals surface area (Å²) in [4.78, 5) is 21.5. The van der Waals surface area contributed by atoms with Gasteiger partial charge in [-0.2, -0.15) is 0 Å². The van der Waals surface area contributed by atoms with E-state index in [1.807, 2.05) is 4.90 Å². The Morgan fingerprint density at radius 3 is 2.57 bits per heavy atom. The Balaban J connectivity index is 1.91. The summed E-state index contributed by atoms with van der Waals surface area (Å²) >= 11 is 0. The normalized spacial score (nSPS) is 18.3. The largest absolute Gasteiger partial charge is 0.480 e. The number of aliphatic carboxylic acids is 1. The van der Waals surface area contributed by atoms with Crippen LogP contribution in [-0.4, -0.2) is 64.6 Å². The van der Waals surface area contributed by atoms with Crippen molar-refractivity contribution >= 4 is 11.9 Å². The molecular weight excluding hydrogens is 276 g/mol. The molecule has 2 heterocycles. The van der Waals surface area contributed by atoms with Crippen molar-refractivity contribution in [3.8, 4) is 0 Å². The maximum atomic E-state index is 11.0. The number of anilines is 1. The summed E-state index contributed by atoms with van der Waals surface area (Å²) in [7, 11) is 0. The second-order valence-electron chi connectivity index (χ2n) is 4.93. The van der Waals surface area contributed by atoms with Gasteiger partial charge in [-0.15, -0.1) is 0 Å². The number of nitrogens with zero attached hydrogens (tertiary/aromatic N) is 3. The molecule has 8 nitrogen and oxygen atoms in total. The molecule has 0 bridgehead atoms. The van der Waals surface area contributed by atoms with Gasteiger partial charge >= 0.3 is 5.97 Å². The van der Waals surface area contributed by atoms with Gasteiger partial charge in [0.15, 0.2) is 0 Å². The Morgan fingerprint density at radius 1 is 1.43 bits per heavy atom. The monoisotopic (exact) mass is 296 g/mol. The second kappa shape index (κ2) is 7.30. The van der Waals surface area contributed by atoms with Crippen LogP contribution in [0.25, 0.3) is 0 Å². The maximum Gasteiger partial charge on any atom is 0.323 e. The zero-order valence-corrected chi connectivity index (χ0v) is 11.9. The standard InChI is InChI=1S/C13H20N4O4/c1-9(18)11(12(19)20)14-6-10-7-15-13(16-8-10)17-2-4-21-5-3-17/h7-9,11,14,18H,2-6H2,1H3,(H,19,20)/t9-,11-/m0/s1. The first-order valence-electron chi connectivity index (χ1n) is 6.86. The van der Waals surface area contributed by atoms with E-state index in [-0.39, 0.29) is 6.54 Å². The summed E-state index contributed by atoms with van der Waals surface area (Å²) < 4.78 is 5.27. The van der Waals surface area contributed by atoms with Gasteiger partial charge in [-0.05, 0) is 6.92 Å². The van der Waals surface area contributed by atoms with E-state index in [1.54, 1.807) is 12.4 Å². The maximum absolute atomic E-state index is 11.0. The highest BCUT2D eigenvalue weighted by Crippen LogP contribution is 2.09. The number of ether oxygens (including phenoxy) is 1. The number of carbonyl (C=O) groups is 1. The van der Waals surface area contributed by atoms with Crippen LogP contribution in [0.1, 0.15) is 12.5 Å². The summed E-state index contributed by atoms with van der Waals surface area (Å²) in [5.74, 6) is -0.441. The first-order valence-corrected chi connectivity index (χ1v) is 6.86. The van der Waals surface area contributed by atoms with E-state index in [0.29, 0.717) is 19.2 Å². The average molecular weight is 296 g/mol. The Bertz CT molecular complexity index is 460. The van der Waals surface area contributed by atoms with Crippen molar-refractivity contribution in [3.63, 3.8) is 0 Å². The topological polar surface area (TPSA) is 108 Å². The number of carboxylic acids is 1. The smallest absolute Gasteiger partial charge is 0.323 e. The number of hydrogen-bond acceptors (Lipinski definition) is 7. The molecule has 3 N–H and O–H groups in total. The van der Waals surface area contributed by atoms with Gasteiger partial charge in [0, 0.05) is 37.6 Å². The fraction of sp³-hybridized carbons (Fsp3) is 0.615. The number of hydrogen-bond donors (Lipinski definition) is 3. The minimum Gasteiger partial charge on any atom is -0.480 e. The first kappa shape index (κ1) is 15.6. The van der Waals surface area contributed by atoms with Gasteiger partial charge in [0.2, 0.25) is 5.95 Å². The van der Waals surface area contributed by atoms with E-state index in [1.165, 1.54) is 6.92 Å². The van der Waals surface area contributed by atoms with Crippen LogP contribution in [0.3, 0.4) is 0 Å². The number of nitrogens with one attached hydrogen (secondary N) is 1. The molecule has 2 rings (SSSR count). The van der Waals surface area contributed by atoms with Crippen molar-refractivity contribution < 1.29 is 19.7 Å². The molecule has 1 aromatic rings. The second-order valence-corrected chi connectivity index (χ2v) is 4.93. The lowest BCUT2D eigenvalue weighted by Crippen LogP contribution is -2.44. The van der Waals surface area contributed by atoms with Crippen LogP contribution in [0.5, 0.6) is 0 Å². The molecule has 0 unspecified atom stereocenters. The Hall–Kier alpha value is -1.77. The van der Waals surface area contributed by atoms with Gasteiger partial charge in [0.1, 0.15) is 6.04 Å². The summed E-state index contributed by atoms with van der Waals surface area (Å²) in [5, 5.41) is 21.1. The third-order valence-electron chi connectivity index (χ3n) is 3.26. The van der Waals surface area contributed by atoms with E-state index in [4.69, 9.17) is 9.84 Å². The Morgan fingerprint density at radius 2 is 2.05 bits per heavy atom. The molecule has 1 fully saturated rings. The highest BCUT2D eigenvalue weighted by Gasteiger charge is 2.22. The van der Waals surface area contributed by atoms with E-state index in [9.17, 15) is 9.90 Å². The third kappa shape index (κ3) is 4.35. The van der Waals surface area contributed by atoms with Gasteiger partial charge in [0.25, 0.3) is 0 Å². The summed E-state index contributed by atoms with van der Waals surface area (Å²) in [5.41, 5.74) is 0.763. The molecule has 0 spiro atoms. The number of aliphatic hydroxyl groups is 1. The number of rotatable bonds is 6. The lowest BCUT2D eigenvalue weighted by molar-refractivity contribution is -0.142. The lowest BCUT2D eigenvalue weighted by Gasteiger charge is -2.26. The molecule has 1 aromatic heterocycles. The van der Waals surface area contributed by atoms with Crippen molar-refractivity contribution in [2.24, 2.45) is 0 Å². The van der Waals surface area contributed by atoms with Gasteiger partial charge in [0.05, 0.1) is 19.3 Å². The SMILES string of the molecule is C[C@H](O)[C@H](NCc1cnc(N2CCOCC2)nc1)C(=O)O. The minimum absolute atomic E-state index is 0.283. The number of carboxylic acid groups (broad SMARTS) is 1. The van der Waals surface area contributed by atoms with Crippen molar-refractivity contribution in [1.29, 1.82) is 0 Å². The predicted octanol–water partition coefficient (Wildman–Crippen LogP) is -0.763. The van der Waals surface area contributed by atoms with Crippen LogP contribution in [0.4, 0.5) is 5.95 Å². The van der Waals surface area contributed by atoms with E-state index >= 15 is 0 Å². The molecule has 8 heteroatoms. The summed E-state index contributed by atoms with van der Waals surface area (Å²) in [6, 6.07) is -1.01. The van der Waals surface area contributed by atoms with Gasteiger partial charge < -0.3 is 19.8 Å². The van der Waals surface area contributed by atoms with Crippen LogP contribution >= 0.6 is 0 Å². The highest BCUT2D eigenvalue weighted by atomic mass is 16.5. The van der Waals surface area contributed by atoms with Gasteiger partial charge in [-0.3, -0.25) is 10.1 Å². The van der Waals surface area contributed by atoms with Crippen LogP contribution in [0, 0.1) is 0 Å². The molecule has 0 aromatic carbocycles. The van der Waals surface area contributed by atoms with Crippen LogP contribution in [-0.2, 0) is 16.1 Å². The zero-order chi connectivity index (χ0) is 15.2. The van der Waals surface area contributed by atoms with E-state index in [2.05, 4.69) is 15.3 Å². The molecule has 0 saturated carbocycles. The molecule has 0 aliphatic carbocycles. The van der Waals surface area contributed by atoms with Gasteiger partial charge in [-0.25, -0.2) is 9.97 Å². The first-order chi connectivity index (χ1) is 10.1. The third-order valence-corrected chi connectivity index (χ3v) is 3.26. The molecule has 0 radical (unpaired) electrons. The van der Waals surface area contributed by atoms with E-state index in [0.717, 1.165) is 18.7 Å². The molecule has 21 heavy (non-hydrogen) atoms. The molecule has 116 valence electrons. The van der Waals surface area contributed by atoms with E-state index < -0.39 is 18.1 Å². The molecule has 1 aliphatic rings. The highest BCUT2D eigenvalue weighted by molar-refractivity contribution is 5.74. The molecule has 1 aliphatic heterocycles. The fourth-order valence-corrected chi connectivity index (χ4v) is 2.06. The van der Waals surface area contributed by atoms with Crippen molar-refractivity contribution in [1.82, 2.24) is 15.3 Å². The zero-order valence-electron chi connectivity index (χ0n) is 11.9. The van der Waals surface area contributed by atoms with Crippen LogP contribution in [0.15, 0.2) is 12.4 Å². The number of aromatic nitrogens is 2. The lowest BCUT2D eigenvalue weighted by atomic mass is 10.2. The minimum atomic E-state index is -1.09. The number of morpholine rings is 1.